The zero-order chi connectivity index (χ0) is 9.84. The fraction of sp³-hybridized carbons (Fsp3) is 0.400. The molecule has 72 valence electrons. The number of hydrogen-bond donors (Lipinski definition) is 3. The van der Waals surface area contributed by atoms with Crippen LogP contribution in [0.4, 0.5) is 0 Å². The lowest BCUT2D eigenvalue weighted by Crippen LogP contribution is -2.23. The summed E-state index contributed by atoms with van der Waals surface area (Å²) in [7, 11) is 0. The molecule has 0 aliphatic heterocycles. The van der Waals surface area contributed by atoms with Crippen molar-refractivity contribution in [2.45, 2.75) is 25.6 Å². The average Bonchev–Trinajstić information content (AvgIpc) is 2.17. The monoisotopic (exact) mass is 180 g/mol. The number of hydrogen-bond acceptors (Lipinski definition) is 3. The van der Waals surface area contributed by atoms with Gasteiger partial charge in [0.25, 0.3) is 0 Å². The molecule has 0 bridgehead atoms. The first-order valence-corrected chi connectivity index (χ1v) is 4.37. The van der Waals surface area contributed by atoms with Gasteiger partial charge in [0, 0.05) is 6.54 Å². The summed E-state index contributed by atoms with van der Waals surface area (Å²) in [6.07, 6.45) is -0.524. The predicted octanol–water partition coefficient (Wildman–Crippen LogP) is 0.526. The van der Waals surface area contributed by atoms with E-state index in [1.54, 1.807) is 6.92 Å². The maximum absolute atomic E-state index is 9.25. The van der Waals surface area contributed by atoms with Crippen LogP contribution in [0.25, 0.3) is 0 Å². The highest BCUT2D eigenvalue weighted by Gasteiger charge is 2.10. The quantitative estimate of drug-likeness (QED) is 0.635. The Kier molecular flexibility index (Phi) is 3.42. The van der Waals surface area contributed by atoms with Gasteiger partial charge in [-0.3, -0.25) is 0 Å². The Bertz CT molecular complexity index is 256. The van der Waals surface area contributed by atoms with Crippen LogP contribution in [0, 0.1) is 0 Å². The van der Waals surface area contributed by atoms with Crippen LogP contribution in [0.1, 0.15) is 24.1 Å². The topological polar surface area (TPSA) is 72.3 Å². The van der Waals surface area contributed by atoms with Gasteiger partial charge in [0.2, 0.25) is 0 Å². The minimum Gasteiger partial charge on any atom is -0.391 e. The van der Waals surface area contributed by atoms with E-state index in [1.165, 1.54) is 0 Å². The summed E-state index contributed by atoms with van der Waals surface area (Å²) in [6, 6.07) is 7.35. The second-order valence-corrected chi connectivity index (χ2v) is 3.21. The molecule has 0 spiro atoms. The average molecular weight is 180 g/mol. The fourth-order valence-corrected chi connectivity index (χ4v) is 1.15. The summed E-state index contributed by atoms with van der Waals surface area (Å²) >= 11 is 0. The van der Waals surface area contributed by atoms with Gasteiger partial charge in [0.05, 0.1) is 12.1 Å². The van der Waals surface area contributed by atoms with Crippen LogP contribution in [0.15, 0.2) is 24.3 Å². The van der Waals surface area contributed by atoms with Gasteiger partial charge in [-0.2, -0.15) is 0 Å². The van der Waals surface area contributed by atoms with Crippen molar-refractivity contribution >= 4 is 0 Å². The van der Waals surface area contributed by atoms with E-state index >= 15 is 0 Å². The summed E-state index contributed by atoms with van der Waals surface area (Å²) in [5, 5.41) is 9.25. The molecule has 3 nitrogen and oxygen atoms in total. The van der Waals surface area contributed by atoms with Crippen molar-refractivity contribution in [2.75, 3.05) is 0 Å². The Balaban J connectivity index is 2.79. The molecular weight excluding hydrogens is 164 g/mol. The van der Waals surface area contributed by atoms with Crippen LogP contribution in [0.5, 0.6) is 0 Å². The van der Waals surface area contributed by atoms with Gasteiger partial charge < -0.3 is 16.6 Å². The molecule has 0 aliphatic carbocycles. The molecule has 1 rings (SSSR count). The molecule has 0 fully saturated rings. The molecule has 1 aromatic carbocycles. The second kappa shape index (κ2) is 4.37. The smallest absolute Gasteiger partial charge is 0.0704 e. The number of benzene rings is 1. The van der Waals surface area contributed by atoms with Gasteiger partial charge in [-0.25, -0.2) is 0 Å². The largest absolute Gasteiger partial charge is 0.391 e. The molecule has 3 heteroatoms. The van der Waals surface area contributed by atoms with E-state index in [0.717, 1.165) is 11.1 Å². The van der Waals surface area contributed by atoms with E-state index in [-0.39, 0.29) is 6.04 Å². The second-order valence-electron chi connectivity index (χ2n) is 3.21. The lowest BCUT2D eigenvalue weighted by molar-refractivity contribution is 0.164. The molecular formula is C10H16N2O. The molecule has 0 aliphatic rings. The molecule has 5 N–H and O–H groups in total. The Morgan fingerprint density at radius 1 is 1.31 bits per heavy atom. The van der Waals surface area contributed by atoms with Crippen molar-refractivity contribution in [3.63, 3.8) is 0 Å². The van der Waals surface area contributed by atoms with Gasteiger partial charge in [0.1, 0.15) is 0 Å². The molecule has 1 aromatic rings. The fourth-order valence-electron chi connectivity index (χ4n) is 1.15. The van der Waals surface area contributed by atoms with Crippen LogP contribution in [-0.2, 0) is 6.54 Å². The van der Waals surface area contributed by atoms with E-state index in [0.29, 0.717) is 6.54 Å². The van der Waals surface area contributed by atoms with E-state index in [4.69, 9.17) is 11.5 Å². The van der Waals surface area contributed by atoms with Crippen LogP contribution in [-0.4, -0.2) is 11.2 Å². The van der Waals surface area contributed by atoms with Crippen molar-refractivity contribution in [3.05, 3.63) is 35.4 Å². The first-order valence-electron chi connectivity index (χ1n) is 4.37. The first-order chi connectivity index (χ1) is 6.15. The normalized spacial score (nSPS) is 15.4. The van der Waals surface area contributed by atoms with Gasteiger partial charge in [-0.05, 0) is 18.1 Å². The third-order valence-electron chi connectivity index (χ3n) is 2.12. The SMILES string of the molecule is CC(O)C(N)c1ccc(CN)cc1. The van der Waals surface area contributed by atoms with Gasteiger partial charge in [-0.1, -0.05) is 24.3 Å². The standard InChI is InChI=1S/C10H16N2O/c1-7(13)10(12)9-4-2-8(6-11)3-5-9/h2-5,7,10,13H,6,11-12H2,1H3. The van der Waals surface area contributed by atoms with Crippen LogP contribution >= 0.6 is 0 Å². The molecule has 0 amide bonds. The Labute approximate surface area is 78.4 Å². The first kappa shape index (κ1) is 10.2. The summed E-state index contributed by atoms with van der Waals surface area (Å²) in [5.41, 5.74) is 13.2. The minimum absolute atomic E-state index is 0.313. The van der Waals surface area contributed by atoms with Crippen LogP contribution in [0.2, 0.25) is 0 Å². The molecule has 13 heavy (non-hydrogen) atoms. The van der Waals surface area contributed by atoms with Gasteiger partial charge in [-0.15, -0.1) is 0 Å². The maximum Gasteiger partial charge on any atom is 0.0704 e. The van der Waals surface area contributed by atoms with Crippen LogP contribution < -0.4 is 11.5 Å². The molecule has 0 aromatic heterocycles. The number of aliphatic hydroxyl groups excluding tert-OH is 1. The summed E-state index contributed by atoms with van der Waals surface area (Å²) < 4.78 is 0. The molecule has 2 atom stereocenters. The summed E-state index contributed by atoms with van der Waals surface area (Å²) in [6.45, 7) is 2.21. The highest BCUT2D eigenvalue weighted by molar-refractivity contribution is 5.25. The molecule has 2 unspecified atom stereocenters. The van der Waals surface area contributed by atoms with E-state index in [1.807, 2.05) is 24.3 Å². The summed E-state index contributed by atoms with van der Waals surface area (Å²) in [4.78, 5) is 0. The third-order valence-corrected chi connectivity index (χ3v) is 2.12. The Hall–Kier alpha value is -0.900. The third kappa shape index (κ3) is 2.52. The van der Waals surface area contributed by atoms with Crippen molar-refractivity contribution < 1.29 is 5.11 Å². The van der Waals surface area contributed by atoms with Crippen LogP contribution in [0.3, 0.4) is 0 Å². The van der Waals surface area contributed by atoms with Gasteiger partial charge in [0.15, 0.2) is 0 Å². The Morgan fingerprint density at radius 3 is 2.23 bits per heavy atom. The Morgan fingerprint density at radius 2 is 1.85 bits per heavy atom. The molecule has 0 radical (unpaired) electrons. The maximum atomic E-state index is 9.25. The number of rotatable bonds is 3. The molecule has 0 heterocycles. The van der Waals surface area contributed by atoms with Gasteiger partial charge >= 0.3 is 0 Å². The van der Waals surface area contributed by atoms with Crippen molar-refractivity contribution in [1.29, 1.82) is 0 Å². The molecule has 0 saturated heterocycles. The number of aliphatic hydroxyl groups is 1. The summed E-state index contributed by atoms with van der Waals surface area (Å²) in [5.74, 6) is 0. The van der Waals surface area contributed by atoms with Crippen molar-refractivity contribution in [3.8, 4) is 0 Å². The highest BCUT2D eigenvalue weighted by Crippen LogP contribution is 2.14. The predicted molar refractivity (Wildman–Crippen MR) is 52.9 cm³/mol. The molecule has 0 saturated carbocycles. The van der Waals surface area contributed by atoms with E-state index < -0.39 is 6.10 Å². The zero-order valence-electron chi connectivity index (χ0n) is 7.77. The zero-order valence-corrected chi connectivity index (χ0v) is 7.77. The van der Waals surface area contributed by atoms with Crippen molar-refractivity contribution in [2.24, 2.45) is 11.5 Å². The lowest BCUT2D eigenvalue weighted by atomic mass is 10.0. The van der Waals surface area contributed by atoms with Crippen molar-refractivity contribution in [1.82, 2.24) is 0 Å². The van der Waals surface area contributed by atoms with E-state index in [2.05, 4.69) is 0 Å². The lowest BCUT2D eigenvalue weighted by Gasteiger charge is -2.15. The minimum atomic E-state index is -0.524. The van der Waals surface area contributed by atoms with E-state index in [9.17, 15) is 5.11 Å². The number of nitrogens with two attached hydrogens (primary N) is 2. The highest BCUT2D eigenvalue weighted by atomic mass is 16.3.